The smallest absolute Gasteiger partial charge is 0.250 e. The molecule has 0 saturated carbocycles. The average molecular weight is 352 g/mol. The molecule has 1 atom stereocenters. The van der Waals surface area contributed by atoms with Crippen molar-refractivity contribution >= 4 is 35.0 Å². The van der Waals surface area contributed by atoms with Crippen LogP contribution in [-0.2, 0) is 9.59 Å². The minimum Gasteiger partial charge on any atom is -0.366 e. The number of halogens is 1. The van der Waals surface area contributed by atoms with Gasteiger partial charge >= 0.3 is 0 Å². The van der Waals surface area contributed by atoms with E-state index in [0.29, 0.717) is 18.7 Å². The van der Waals surface area contributed by atoms with Gasteiger partial charge in [0.25, 0.3) is 0 Å². The van der Waals surface area contributed by atoms with E-state index in [1.165, 1.54) is 12.1 Å². The van der Waals surface area contributed by atoms with Crippen molar-refractivity contribution in [1.29, 1.82) is 0 Å². The molecule has 2 rings (SSSR count). The first-order valence-corrected chi connectivity index (χ1v) is 8.20. The normalized spacial score (nSPS) is 17.7. The van der Waals surface area contributed by atoms with Crippen molar-refractivity contribution in [2.24, 2.45) is 11.1 Å². The van der Waals surface area contributed by atoms with E-state index in [9.17, 15) is 14.4 Å². The zero-order valence-electron chi connectivity index (χ0n) is 14.1. The van der Waals surface area contributed by atoms with Crippen molar-refractivity contribution in [3.63, 3.8) is 0 Å². The van der Waals surface area contributed by atoms with Crippen LogP contribution < -0.4 is 11.1 Å². The Morgan fingerprint density at radius 3 is 2.50 bits per heavy atom. The van der Waals surface area contributed by atoms with Gasteiger partial charge in [0.2, 0.25) is 17.7 Å². The first kappa shape index (κ1) is 18.3. The van der Waals surface area contributed by atoms with Crippen LogP contribution in [0.25, 0.3) is 0 Å². The molecule has 7 heteroatoms. The van der Waals surface area contributed by atoms with Gasteiger partial charge in [0.1, 0.15) is 6.04 Å². The van der Waals surface area contributed by atoms with Gasteiger partial charge in [-0.25, -0.2) is 0 Å². The summed E-state index contributed by atoms with van der Waals surface area (Å²) in [5.74, 6) is -0.925. The number of nitrogens with one attached hydrogen (secondary N) is 1. The third-order valence-electron chi connectivity index (χ3n) is 3.96. The number of likely N-dealkylation sites (tertiary alicyclic amines) is 1. The quantitative estimate of drug-likeness (QED) is 0.875. The predicted octanol–water partition coefficient (Wildman–Crippen LogP) is 2.41. The van der Waals surface area contributed by atoms with Crippen molar-refractivity contribution in [3.8, 4) is 0 Å². The number of primary amides is 1. The molecule has 24 heavy (non-hydrogen) atoms. The van der Waals surface area contributed by atoms with Gasteiger partial charge in [0.05, 0.1) is 10.6 Å². The topological polar surface area (TPSA) is 92.5 Å². The number of amides is 3. The fourth-order valence-corrected chi connectivity index (χ4v) is 3.01. The molecule has 3 amide bonds. The van der Waals surface area contributed by atoms with Crippen molar-refractivity contribution in [2.45, 2.75) is 39.7 Å². The molecule has 0 spiro atoms. The molecule has 0 bridgehead atoms. The second-order valence-corrected chi connectivity index (χ2v) is 7.36. The van der Waals surface area contributed by atoms with E-state index in [2.05, 4.69) is 5.32 Å². The van der Waals surface area contributed by atoms with Crippen molar-refractivity contribution in [1.82, 2.24) is 4.90 Å². The highest BCUT2D eigenvalue weighted by atomic mass is 35.5. The van der Waals surface area contributed by atoms with Gasteiger partial charge in [-0.1, -0.05) is 32.4 Å². The summed E-state index contributed by atoms with van der Waals surface area (Å²) in [7, 11) is 0. The highest BCUT2D eigenvalue weighted by molar-refractivity contribution is 6.34. The largest absolute Gasteiger partial charge is 0.366 e. The van der Waals surface area contributed by atoms with Gasteiger partial charge < -0.3 is 16.0 Å². The van der Waals surface area contributed by atoms with E-state index >= 15 is 0 Å². The molecule has 1 aromatic rings. The van der Waals surface area contributed by atoms with Crippen LogP contribution in [0, 0.1) is 5.41 Å². The Kier molecular flexibility index (Phi) is 5.18. The zero-order valence-corrected chi connectivity index (χ0v) is 14.8. The van der Waals surface area contributed by atoms with Crippen molar-refractivity contribution in [2.75, 3.05) is 11.9 Å². The molecular formula is C17H22ClN3O3. The number of nitrogens with zero attached hydrogens (tertiary/aromatic N) is 1. The van der Waals surface area contributed by atoms with Gasteiger partial charge in [0, 0.05) is 17.6 Å². The summed E-state index contributed by atoms with van der Waals surface area (Å²) in [6.45, 7) is 6.09. The van der Waals surface area contributed by atoms with E-state index in [4.69, 9.17) is 17.3 Å². The van der Waals surface area contributed by atoms with Crippen LogP contribution in [-0.4, -0.2) is 35.2 Å². The Bertz CT molecular complexity index is 682. The summed E-state index contributed by atoms with van der Waals surface area (Å²) in [4.78, 5) is 37.8. The molecule has 1 fully saturated rings. The molecule has 6 nitrogen and oxygen atoms in total. The molecule has 3 N–H and O–H groups in total. The first-order chi connectivity index (χ1) is 11.1. The number of hydrogen-bond donors (Lipinski definition) is 2. The average Bonchev–Trinajstić information content (AvgIpc) is 2.94. The van der Waals surface area contributed by atoms with E-state index in [0.717, 1.165) is 6.42 Å². The Morgan fingerprint density at radius 1 is 1.29 bits per heavy atom. The Labute approximate surface area is 146 Å². The third-order valence-corrected chi connectivity index (χ3v) is 4.27. The van der Waals surface area contributed by atoms with Crippen LogP contribution in [0.2, 0.25) is 5.02 Å². The number of carbonyl (C=O) groups is 3. The minimum absolute atomic E-state index is 0.0396. The molecule has 130 valence electrons. The predicted molar refractivity (Wildman–Crippen MR) is 92.8 cm³/mol. The maximum atomic E-state index is 12.5. The van der Waals surface area contributed by atoms with Crippen LogP contribution in [0.15, 0.2) is 18.2 Å². The lowest BCUT2D eigenvalue weighted by molar-refractivity contribution is -0.143. The summed E-state index contributed by atoms with van der Waals surface area (Å²) in [6, 6.07) is 4.01. The molecule has 0 aromatic heterocycles. The van der Waals surface area contributed by atoms with Crippen LogP contribution >= 0.6 is 11.6 Å². The lowest BCUT2D eigenvalue weighted by Crippen LogP contribution is -2.47. The number of benzene rings is 1. The van der Waals surface area contributed by atoms with E-state index in [1.54, 1.807) is 11.0 Å². The second-order valence-electron chi connectivity index (χ2n) is 6.95. The third kappa shape index (κ3) is 3.87. The van der Waals surface area contributed by atoms with Crippen LogP contribution in [0.1, 0.15) is 44.0 Å². The molecular weight excluding hydrogens is 330 g/mol. The monoisotopic (exact) mass is 351 g/mol. The summed E-state index contributed by atoms with van der Waals surface area (Å²) >= 11 is 5.99. The maximum Gasteiger partial charge on any atom is 0.250 e. The summed E-state index contributed by atoms with van der Waals surface area (Å²) < 4.78 is 0. The van der Waals surface area contributed by atoms with Gasteiger partial charge in [-0.3, -0.25) is 14.4 Å². The van der Waals surface area contributed by atoms with Gasteiger partial charge in [-0.2, -0.15) is 0 Å². The molecule has 0 aliphatic carbocycles. The number of rotatable bonds is 3. The maximum absolute atomic E-state index is 12.5. The molecule has 1 saturated heterocycles. The molecule has 1 aromatic carbocycles. The van der Waals surface area contributed by atoms with E-state index in [1.807, 2.05) is 20.8 Å². The fourth-order valence-electron chi connectivity index (χ4n) is 2.73. The van der Waals surface area contributed by atoms with Gasteiger partial charge in [-0.15, -0.1) is 0 Å². The molecule has 0 radical (unpaired) electrons. The van der Waals surface area contributed by atoms with E-state index < -0.39 is 17.4 Å². The number of carbonyl (C=O) groups excluding carboxylic acids is 3. The van der Waals surface area contributed by atoms with Crippen molar-refractivity contribution < 1.29 is 14.4 Å². The van der Waals surface area contributed by atoms with Crippen LogP contribution in [0.5, 0.6) is 0 Å². The standard InChI is InChI=1S/C17H22ClN3O3/c1-17(2,3)16(24)21-8-4-5-13(21)15(23)20-10-6-7-11(14(19)22)12(18)9-10/h6-7,9,13H,4-5,8H2,1-3H3,(H2,19,22)(H,20,23)/t13-/m0/s1. The lowest BCUT2D eigenvalue weighted by atomic mass is 9.94. The summed E-state index contributed by atoms with van der Waals surface area (Å²) in [6.07, 6.45) is 1.42. The SMILES string of the molecule is CC(C)(C)C(=O)N1CCC[C@H]1C(=O)Nc1ccc(C(N)=O)c(Cl)c1. The number of nitrogens with two attached hydrogens (primary N) is 1. The summed E-state index contributed by atoms with van der Waals surface area (Å²) in [5, 5.41) is 2.93. The molecule has 1 aliphatic heterocycles. The fraction of sp³-hybridized carbons (Fsp3) is 0.471. The lowest BCUT2D eigenvalue weighted by Gasteiger charge is -2.30. The number of hydrogen-bond acceptors (Lipinski definition) is 3. The highest BCUT2D eigenvalue weighted by Gasteiger charge is 2.38. The Hall–Kier alpha value is -2.08. The zero-order chi connectivity index (χ0) is 18.1. The highest BCUT2D eigenvalue weighted by Crippen LogP contribution is 2.27. The van der Waals surface area contributed by atoms with Crippen LogP contribution in [0.3, 0.4) is 0 Å². The molecule has 1 aliphatic rings. The van der Waals surface area contributed by atoms with Crippen LogP contribution in [0.4, 0.5) is 5.69 Å². The Morgan fingerprint density at radius 2 is 1.96 bits per heavy atom. The first-order valence-electron chi connectivity index (χ1n) is 7.82. The van der Waals surface area contributed by atoms with Gasteiger partial charge in [-0.05, 0) is 31.0 Å². The van der Waals surface area contributed by atoms with Gasteiger partial charge in [0.15, 0.2) is 0 Å². The second kappa shape index (κ2) is 6.81. The Balaban J connectivity index is 2.13. The van der Waals surface area contributed by atoms with E-state index in [-0.39, 0.29) is 22.4 Å². The number of anilines is 1. The summed E-state index contributed by atoms with van der Waals surface area (Å²) in [5.41, 5.74) is 5.33. The molecule has 1 heterocycles. The van der Waals surface area contributed by atoms with Crippen molar-refractivity contribution in [3.05, 3.63) is 28.8 Å². The molecule has 0 unspecified atom stereocenters. The minimum atomic E-state index is -0.629.